The third-order valence-electron chi connectivity index (χ3n) is 3.18. The summed E-state index contributed by atoms with van der Waals surface area (Å²) in [6.07, 6.45) is 3.91. The monoisotopic (exact) mass is 268 g/mol. The van der Waals surface area contributed by atoms with Gasteiger partial charge >= 0.3 is 5.69 Å². The highest BCUT2D eigenvalue weighted by atomic mass is 16.6. The lowest BCUT2D eigenvalue weighted by atomic mass is 10.1. The molecule has 0 bridgehead atoms. The molecule has 1 N–H and O–H groups in total. The summed E-state index contributed by atoms with van der Waals surface area (Å²) in [6.45, 7) is 8.63. The molecule has 1 atom stereocenters. The lowest BCUT2D eigenvalue weighted by Gasteiger charge is -2.17. The summed E-state index contributed by atoms with van der Waals surface area (Å²) in [5.74, 6) is 0.560. The summed E-state index contributed by atoms with van der Waals surface area (Å²) in [7, 11) is 0. The molecule has 1 heterocycles. The van der Waals surface area contributed by atoms with Crippen molar-refractivity contribution >= 4 is 11.5 Å². The number of hydrogen-bond acceptors (Lipinski definition) is 4. The van der Waals surface area contributed by atoms with Crippen molar-refractivity contribution in [2.75, 3.05) is 5.32 Å². The van der Waals surface area contributed by atoms with Crippen LogP contribution in [0.25, 0.3) is 0 Å². The lowest BCUT2D eigenvalue weighted by Crippen LogP contribution is -2.21. The molecule has 0 aromatic carbocycles. The van der Waals surface area contributed by atoms with E-state index in [4.69, 9.17) is 0 Å². The second kappa shape index (κ2) is 7.11. The van der Waals surface area contributed by atoms with E-state index in [1.165, 1.54) is 0 Å². The van der Waals surface area contributed by atoms with E-state index in [0.29, 0.717) is 18.1 Å². The van der Waals surface area contributed by atoms with E-state index in [1.807, 2.05) is 6.92 Å². The molecular weight excluding hydrogens is 244 g/mol. The van der Waals surface area contributed by atoms with E-state index in [1.54, 1.807) is 11.6 Å². The van der Waals surface area contributed by atoms with Crippen LogP contribution in [0, 0.1) is 17.0 Å². The molecule has 19 heavy (non-hydrogen) atoms. The normalized spacial score (nSPS) is 12.4. The Kier molecular flexibility index (Phi) is 5.79. The Morgan fingerprint density at radius 1 is 1.37 bits per heavy atom. The van der Waals surface area contributed by atoms with Crippen molar-refractivity contribution in [2.24, 2.45) is 0 Å². The predicted octanol–water partition coefficient (Wildman–Crippen LogP) is 3.50. The first-order chi connectivity index (χ1) is 9.04. The topological polar surface area (TPSA) is 73.0 Å². The summed E-state index contributed by atoms with van der Waals surface area (Å²) < 4.78 is 1.73. The molecular formula is C13H24N4O2. The number of anilines is 1. The second-order valence-electron chi connectivity index (χ2n) is 4.80. The van der Waals surface area contributed by atoms with Crippen LogP contribution in [0.15, 0.2) is 0 Å². The fourth-order valence-electron chi connectivity index (χ4n) is 2.23. The summed E-state index contributed by atoms with van der Waals surface area (Å²) in [4.78, 5) is 10.9. The molecule has 1 aromatic rings. The molecule has 0 saturated carbocycles. The third-order valence-corrected chi connectivity index (χ3v) is 3.18. The van der Waals surface area contributed by atoms with Gasteiger partial charge in [0.15, 0.2) is 0 Å². The maximum atomic E-state index is 11.2. The quantitative estimate of drug-likeness (QED) is 0.578. The number of aryl methyl sites for hydroxylation is 2. The molecule has 0 radical (unpaired) electrons. The van der Waals surface area contributed by atoms with Crippen molar-refractivity contribution < 1.29 is 4.92 Å². The highest BCUT2D eigenvalue weighted by molar-refractivity contribution is 5.60. The number of nitrogens with zero attached hydrogens (tertiary/aromatic N) is 3. The molecule has 6 nitrogen and oxygen atoms in total. The summed E-state index contributed by atoms with van der Waals surface area (Å²) in [5.41, 5.74) is 0.593. The maximum absolute atomic E-state index is 11.2. The van der Waals surface area contributed by atoms with Gasteiger partial charge in [0.25, 0.3) is 0 Å². The van der Waals surface area contributed by atoms with Crippen molar-refractivity contribution in [3.63, 3.8) is 0 Å². The Balaban J connectivity index is 3.09. The largest absolute Gasteiger partial charge is 0.362 e. The minimum absolute atomic E-state index is 0.114. The number of nitrogens with one attached hydrogen (secondary N) is 1. The smallest absolute Gasteiger partial charge is 0.333 e. The molecule has 1 aromatic heterocycles. The SMILES string of the molecule is CCCC(CC)Nc1c([N+](=O)[O-])c(C)nn1CCC. The van der Waals surface area contributed by atoms with Gasteiger partial charge in [-0.25, -0.2) is 4.68 Å². The Morgan fingerprint density at radius 2 is 2.05 bits per heavy atom. The fraction of sp³-hybridized carbons (Fsp3) is 0.769. The molecule has 6 heteroatoms. The average molecular weight is 268 g/mol. The van der Waals surface area contributed by atoms with Gasteiger partial charge < -0.3 is 5.32 Å². The van der Waals surface area contributed by atoms with E-state index < -0.39 is 0 Å². The first-order valence-corrected chi connectivity index (χ1v) is 7.03. The van der Waals surface area contributed by atoms with Gasteiger partial charge in [0.1, 0.15) is 5.69 Å². The average Bonchev–Trinajstić information content (AvgIpc) is 2.65. The van der Waals surface area contributed by atoms with Crippen LogP contribution in [-0.2, 0) is 6.54 Å². The van der Waals surface area contributed by atoms with Gasteiger partial charge in [-0.2, -0.15) is 5.10 Å². The number of rotatable bonds is 8. The van der Waals surface area contributed by atoms with Crippen molar-refractivity contribution in [3.8, 4) is 0 Å². The molecule has 0 aliphatic heterocycles. The standard InChI is InChI=1S/C13H24N4O2/c1-5-8-11(7-3)14-13-12(17(18)19)10(4)15-16(13)9-6-2/h11,14H,5-9H2,1-4H3. The van der Waals surface area contributed by atoms with Gasteiger partial charge in [0.05, 0.1) is 4.92 Å². The fourth-order valence-corrected chi connectivity index (χ4v) is 2.23. The third kappa shape index (κ3) is 3.68. The summed E-state index contributed by atoms with van der Waals surface area (Å²) in [5, 5.41) is 18.8. The van der Waals surface area contributed by atoms with Crippen LogP contribution in [0.1, 0.15) is 52.1 Å². The molecule has 1 rings (SSSR count). The van der Waals surface area contributed by atoms with Crippen molar-refractivity contribution in [2.45, 2.75) is 66.0 Å². The van der Waals surface area contributed by atoms with E-state index in [2.05, 4.69) is 24.3 Å². The van der Waals surface area contributed by atoms with Crippen molar-refractivity contribution in [1.82, 2.24) is 9.78 Å². The van der Waals surface area contributed by atoms with Crippen LogP contribution in [0.2, 0.25) is 0 Å². The molecule has 0 aliphatic carbocycles. The zero-order chi connectivity index (χ0) is 14.4. The highest BCUT2D eigenvalue weighted by Crippen LogP contribution is 2.29. The number of hydrogen-bond donors (Lipinski definition) is 1. The second-order valence-corrected chi connectivity index (χ2v) is 4.80. The van der Waals surface area contributed by atoms with Gasteiger partial charge in [0.2, 0.25) is 5.82 Å². The zero-order valence-electron chi connectivity index (χ0n) is 12.3. The van der Waals surface area contributed by atoms with Gasteiger partial charge in [-0.1, -0.05) is 27.2 Å². The van der Waals surface area contributed by atoms with Crippen LogP contribution in [0.5, 0.6) is 0 Å². The number of aromatic nitrogens is 2. The van der Waals surface area contributed by atoms with Gasteiger partial charge in [0, 0.05) is 12.6 Å². The predicted molar refractivity (Wildman–Crippen MR) is 76.5 cm³/mol. The molecule has 0 aliphatic rings. The Labute approximate surface area is 114 Å². The van der Waals surface area contributed by atoms with Gasteiger partial charge in [-0.05, 0) is 26.2 Å². The first kappa shape index (κ1) is 15.5. The highest BCUT2D eigenvalue weighted by Gasteiger charge is 2.26. The zero-order valence-corrected chi connectivity index (χ0v) is 12.3. The van der Waals surface area contributed by atoms with E-state index >= 15 is 0 Å². The first-order valence-electron chi connectivity index (χ1n) is 7.03. The van der Waals surface area contributed by atoms with Gasteiger partial charge in [-0.3, -0.25) is 10.1 Å². The minimum Gasteiger partial charge on any atom is -0.362 e. The molecule has 108 valence electrons. The molecule has 1 unspecified atom stereocenters. The number of nitro groups is 1. The summed E-state index contributed by atoms with van der Waals surface area (Å²) >= 11 is 0. The van der Waals surface area contributed by atoms with Crippen LogP contribution in [-0.4, -0.2) is 20.7 Å². The van der Waals surface area contributed by atoms with Crippen LogP contribution in [0.3, 0.4) is 0 Å². The van der Waals surface area contributed by atoms with E-state index in [9.17, 15) is 10.1 Å². The molecule has 0 saturated heterocycles. The van der Waals surface area contributed by atoms with E-state index in [-0.39, 0.29) is 16.7 Å². The van der Waals surface area contributed by atoms with Gasteiger partial charge in [-0.15, -0.1) is 0 Å². The molecule has 0 amide bonds. The maximum Gasteiger partial charge on any atom is 0.333 e. The van der Waals surface area contributed by atoms with E-state index in [0.717, 1.165) is 25.7 Å². The van der Waals surface area contributed by atoms with Crippen LogP contribution in [0.4, 0.5) is 11.5 Å². The lowest BCUT2D eigenvalue weighted by molar-refractivity contribution is -0.384. The summed E-state index contributed by atoms with van der Waals surface area (Å²) in [6, 6.07) is 0.260. The Morgan fingerprint density at radius 3 is 2.53 bits per heavy atom. The minimum atomic E-state index is -0.338. The van der Waals surface area contributed by atoms with Crippen molar-refractivity contribution in [3.05, 3.63) is 15.8 Å². The van der Waals surface area contributed by atoms with Crippen LogP contribution >= 0.6 is 0 Å². The molecule has 0 spiro atoms. The van der Waals surface area contributed by atoms with Crippen LogP contribution < -0.4 is 5.32 Å². The Bertz CT molecular complexity index is 429. The molecule has 0 fully saturated rings. The van der Waals surface area contributed by atoms with Crippen molar-refractivity contribution in [1.29, 1.82) is 0 Å². The Hall–Kier alpha value is -1.59.